The third-order valence-corrected chi connectivity index (χ3v) is 5.19. The molecule has 4 nitrogen and oxygen atoms in total. The maximum absolute atomic E-state index is 12.1. The fourth-order valence-electron chi connectivity index (χ4n) is 1.62. The molecule has 0 saturated heterocycles. The van der Waals surface area contributed by atoms with Gasteiger partial charge in [0.25, 0.3) is 0 Å². The predicted octanol–water partition coefficient (Wildman–Crippen LogP) is 2.58. The van der Waals surface area contributed by atoms with Crippen LogP contribution >= 0.6 is 11.3 Å². The minimum atomic E-state index is -3.45. The molecule has 2 N–H and O–H groups in total. The SMILES string of the molecule is CNc1ccc(S(=O)(=O)NCc2cscc2C)cc1. The Balaban J connectivity index is 2.11. The standard InChI is InChI=1S/C13H16N2O2S2/c1-10-8-18-9-11(10)7-15-19(16,17)13-5-3-12(14-2)4-6-13/h3-6,8-9,14-15H,7H2,1-2H3. The van der Waals surface area contributed by atoms with E-state index in [1.807, 2.05) is 17.7 Å². The van der Waals surface area contributed by atoms with E-state index in [-0.39, 0.29) is 4.90 Å². The third kappa shape index (κ3) is 3.34. The van der Waals surface area contributed by atoms with Gasteiger partial charge in [-0.1, -0.05) is 0 Å². The highest BCUT2D eigenvalue weighted by Gasteiger charge is 2.14. The molecule has 0 bridgehead atoms. The normalized spacial score (nSPS) is 11.5. The quantitative estimate of drug-likeness (QED) is 0.891. The summed E-state index contributed by atoms with van der Waals surface area (Å²) in [6.07, 6.45) is 0. The van der Waals surface area contributed by atoms with Crippen molar-refractivity contribution in [3.63, 3.8) is 0 Å². The zero-order chi connectivity index (χ0) is 13.9. The van der Waals surface area contributed by atoms with Crippen molar-refractivity contribution >= 4 is 27.0 Å². The summed E-state index contributed by atoms with van der Waals surface area (Å²) in [6, 6.07) is 6.66. The fraction of sp³-hybridized carbons (Fsp3) is 0.231. The van der Waals surface area contributed by atoms with Crippen molar-refractivity contribution in [1.82, 2.24) is 4.72 Å². The Morgan fingerprint density at radius 3 is 2.37 bits per heavy atom. The largest absolute Gasteiger partial charge is 0.388 e. The molecular weight excluding hydrogens is 280 g/mol. The molecule has 0 atom stereocenters. The van der Waals surface area contributed by atoms with Gasteiger partial charge in [0.15, 0.2) is 0 Å². The van der Waals surface area contributed by atoms with Crippen LogP contribution in [0, 0.1) is 6.92 Å². The van der Waals surface area contributed by atoms with Gasteiger partial charge in [-0.3, -0.25) is 0 Å². The summed E-state index contributed by atoms with van der Waals surface area (Å²) in [4.78, 5) is 0.277. The van der Waals surface area contributed by atoms with Crippen molar-refractivity contribution in [1.29, 1.82) is 0 Å². The average molecular weight is 296 g/mol. The Morgan fingerprint density at radius 1 is 1.16 bits per heavy atom. The lowest BCUT2D eigenvalue weighted by atomic mass is 10.2. The van der Waals surface area contributed by atoms with Gasteiger partial charge in [0.2, 0.25) is 10.0 Å². The molecule has 0 aliphatic rings. The molecule has 6 heteroatoms. The number of aryl methyl sites for hydroxylation is 1. The predicted molar refractivity (Wildman–Crippen MR) is 79.1 cm³/mol. The first-order valence-corrected chi connectivity index (χ1v) is 8.24. The van der Waals surface area contributed by atoms with E-state index in [1.54, 1.807) is 42.6 Å². The summed E-state index contributed by atoms with van der Waals surface area (Å²) in [7, 11) is -1.66. The van der Waals surface area contributed by atoms with Crippen LogP contribution in [0.3, 0.4) is 0 Å². The summed E-state index contributed by atoms with van der Waals surface area (Å²) in [5, 5.41) is 6.92. The molecule has 0 aliphatic carbocycles. The van der Waals surface area contributed by atoms with E-state index >= 15 is 0 Å². The van der Waals surface area contributed by atoms with E-state index < -0.39 is 10.0 Å². The number of benzene rings is 1. The van der Waals surface area contributed by atoms with Gasteiger partial charge in [0.05, 0.1) is 4.90 Å². The minimum absolute atomic E-state index is 0.277. The Bertz CT molecular complexity index is 646. The van der Waals surface area contributed by atoms with E-state index in [9.17, 15) is 8.42 Å². The number of nitrogens with one attached hydrogen (secondary N) is 2. The molecule has 0 unspecified atom stereocenters. The zero-order valence-electron chi connectivity index (χ0n) is 10.8. The average Bonchev–Trinajstić information content (AvgIpc) is 2.82. The molecular formula is C13H16N2O2S2. The van der Waals surface area contributed by atoms with Crippen molar-refractivity contribution in [2.75, 3.05) is 12.4 Å². The van der Waals surface area contributed by atoms with Gasteiger partial charge >= 0.3 is 0 Å². The molecule has 0 fully saturated rings. The van der Waals surface area contributed by atoms with E-state index in [0.717, 1.165) is 16.8 Å². The molecule has 1 heterocycles. The Hall–Kier alpha value is -1.37. The lowest BCUT2D eigenvalue weighted by Crippen LogP contribution is -2.23. The second-order valence-corrected chi connectivity index (χ2v) is 6.69. The van der Waals surface area contributed by atoms with Crippen molar-refractivity contribution in [2.24, 2.45) is 0 Å². The monoisotopic (exact) mass is 296 g/mol. The van der Waals surface area contributed by atoms with Crippen LogP contribution < -0.4 is 10.0 Å². The summed E-state index contributed by atoms with van der Waals surface area (Å²) >= 11 is 1.57. The second kappa shape index (κ2) is 5.73. The molecule has 0 spiro atoms. The number of anilines is 1. The molecule has 19 heavy (non-hydrogen) atoms. The van der Waals surface area contributed by atoms with E-state index in [4.69, 9.17) is 0 Å². The smallest absolute Gasteiger partial charge is 0.240 e. The topological polar surface area (TPSA) is 58.2 Å². The zero-order valence-corrected chi connectivity index (χ0v) is 12.4. The van der Waals surface area contributed by atoms with Crippen LogP contribution in [0.2, 0.25) is 0 Å². The molecule has 2 rings (SSSR count). The van der Waals surface area contributed by atoms with Crippen molar-refractivity contribution < 1.29 is 8.42 Å². The highest BCUT2D eigenvalue weighted by Crippen LogP contribution is 2.16. The molecule has 0 saturated carbocycles. The Kier molecular flexibility index (Phi) is 4.24. The first-order chi connectivity index (χ1) is 9.03. The molecule has 1 aromatic carbocycles. The minimum Gasteiger partial charge on any atom is -0.388 e. The van der Waals surface area contributed by atoms with Gasteiger partial charge in [-0.25, -0.2) is 13.1 Å². The fourth-order valence-corrected chi connectivity index (χ4v) is 3.49. The number of sulfonamides is 1. The van der Waals surface area contributed by atoms with Crippen LogP contribution in [-0.2, 0) is 16.6 Å². The van der Waals surface area contributed by atoms with Gasteiger partial charge in [-0.05, 0) is 53.1 Å². The van der Waals surface area contributed by atoms with E-state index in [2.05, 4.69) is 10.0 Å². The lowest BCUT2D eigenvalue weighted by molar-refractivity contribution is 0.581. The van der Waals surface area contributed by atoms with Crippen LogP contribution in [0.4, 0.5) is 5.69 Å². The van der Waals surface area contributed by atoms with Crippen molar-refractivity contribution in [3.8, 4) is 0 Å². The van der Waals surface area contributed by atoms with Gasteiger partial charge < -0.3 is 5.32 Å². The molecule has 0 aliphatic heterocycles. The maximum Gasteiger partial charge on any atom is 0.240 e. The third-order valence-electron chi connectivity index (χ3n) is 2.87. The van der Waals surface area contributed by atoms with Gasteiger partial charge in [0, 0.05) is 19.3 Å². The second-order valence-electron chi connectivity index (χ2n) is 4.18. The van der Waals surface area contributed by atoms with Gasteiger partial charge in [-0.15, -0.1) is 0 Å². The Labute approximate surface area is 117 Å². The Morgan fingerprint density at radius 2 is 1.84 bits per heavy atom. The highest BCUT2D eigenvalue weighted by molar-refractivity contribution is 7.89. The summed E-state index contributed by atoms with van der Waals surface area (Å²) in [6.45, 7) is 2.30. The van der Waals surface area contributed by atoms with Crippen LogP contribution in [0.1, 0.15) is 11.1 Å². The summed E-state index contributed by atoms with van der Waals surface area (Å²) in [5.74, 6) is 0. The molecule has 2 aromatic rings. The van der Waals surface area contributed by atoms with Crippen molar-refractivity contribution in [3.05, 3.63) is 46.2 Å². The molecule has 102 valence electrons. The van der Waals surface area contributed by atoms with Crippen LogP contribution in [0.25, 0.3) is 0 Å². The number of rotatable bonds is 5. The van der Waals surface area contributed by atoms with E-state index in [1.165, 1.54) is 0 Å². The van der Waals surface area contributed by atoms with Crippen molar-refractivity contribution in [2.45, 2.75) is 18.4 Å². The van der Waals surface area contributed by atoms with Gasteiger partial charge in [-0.2, -0.15) is 11.3 Å². The van der Waals surface area contributed by atoms with Gasteiger partial charge in [0.1, 0.15) is 0 Å². The first kappa shape index (κ1) is 14.0. The van der Waals surface area contributed by atoms with Crippen LogP contribution in [-0.4, -0.2) is 15.5 Å². The highest BCUT2D eigenvalue weighted by atomic mass is 32.2. The summed E-state index contributed by atoms with van der Waals surface area (Å²) in [5.41, 5.74) is 3.01. The maximum atomic E-state index is 12.1. The lowest BCUT2D eigenvalue weighted by Gasteiger charge is -2.07. The number of hydrogen-bond acceptors (Lipinski definition) is 4. The number of thiophene rings is 1. The molecule has 0 amide bonds. The van der Waals surface area contributed by atoms with E-state index in [0.29, 0.717) is 6.54 Å². The first-order valence-electron chi connectivity index (χ1n) is 5.82. The van der Waals surface area contributed by atoms with Crippen LogP contribution in [0.5, 0.6) is 0 Å². The molecule has 0 radical (unpaired) electrons. The molecule has 1 aromatic heterocycles. The summed E-state index contributed by atoms with van der Waals surface area (Å²) < 4.78 is 26.8. The van der Waals surface area contributed by atoms with Crippen LogP contribution in [0.15, 0.2) is 39.9 Å². The number of hydrogen-bond donors (Lipinski definition) is 2.